The van der Waals surface area contributed by atoms with Crippen molar-refractivity contribution >= 4 is 0 Å². The Morgan fingerprint density at radius 1 is 1.16 bits per heavy atom. The molecule has 5 heteroatoms. The molecule has 110 valence electrons. The first kappa shape index (κ1) is 16.1. The zero-order chi connectivity index (χ0) is 14.8. The first-order valence-electron chi connectivity index (χ1n) is 7.07. The second-order valence-corrected chi connectivity index (χ2v) is 7.73. The van der Waals surface area contributed by atoms with E-state index < -0.39 is 0 Å². The summed E-state index contributed by atoms with van der Waals surface area (Å²) in [6, 6.07) is -0.103. The fraction of sp³-hybridized carbons (Fsp3) is 0.929. The van der Waals surface area contributed by atoms with Crippen LogP contribution in [0.25, 0.3) is 0 Å². The molecule has 0 aliphatic rings. The summed E-state index contributed by atoms with van der Waals surface area (Å²) in [5, 5.41) is 12.1. The van der Waals surface area contributed by atoms with Crippen molar-refractivity contribution in [3.05, 3.63) is 5.82 Å². The monoisotopic (exact) mass is 267 g/mol. The molecule has 5 nitrogen and oxygen atoms in total. The Labute approximate surface area is 116 Å². The number of hydrogen-bond acceptors (Lipinski definition) is 4. The Balaban J connectivity index is 2.99. The molecule has 0 saturated carbocycles. The van der Waals surface area contributed by atoms with Gasteiger partial charge in [-0.05, 0) is 48.4 Å². The predicted molar refractivity (Wildman–Crippen MR) is 77.6 cm³/mol. The van der Waals surface area contributed by atoms with Crippen LogP contribution in [0.5, 0.6) is 0 Å². The molecule has 1 rings (SSSR count). The van der Waals surface area contributed by atoms with Crippen LogP contribution in [-0.2, 0) is 5.54 Å². The van der Waals surface area contributed by atoms with Gasteiger partial charge in [0.2, 0.25) is 0 Å². The molecule has 0 bridgehead atoms. The van der Waals surface area contributed by atoms with Gasteiger partial charge in [0, 0.05) is 0 Å². The molecule has 0 spiro atoms. The third-order valence-corrected chi connectivity index (χ3v) is 3.09. The average molecular weight is 267 g/mol. The molecule has 0 saturated heterocycles. The minimum Gasteiger partial charge on any atom is -0.321 e. The quantitative estimate of drug-likeness (QED) is 0.890. The lowest BCUT2D eigenvalue weighted by Gasteiger charge is -2.33. The summed E-state index contributed by atoms with van der Waals surface area (Å²) < 4.78 is 1.91. The lowest BCUT2D eigenvalue weighted by Crippen LogP contribution is -2.35. The van der Waals surface area contributed by atoms with E-state index in [9.17, 15) is 0 Å². The van der Waals surface area contributed by atoms with Crippen LogP contribution in [0.2, 0.25) is 0 Å². The van der Waals surface area contributed by atoms with Gasteiger partial charge in [0.1, 0.15) is 0 Å². The van der Waals surface area contributed by atoms with Crippen LogP contribution in [0, 0.1) is 11.3 Å². The van der Waals surface area contributed by atoms with Gasteiger partial charge in [-0.15, -0.1) is 5.10 Å². The summed E-state index contributed by atoms with van der Waals surface area (Å²) in [4.78, 5) is 0. The number of tetrazole rings is 1. The van der Waals surface area contributed by atoms with Gasteiger partial charge in [-0.1, -0.05) is 34.6 Å². The highest BCUT2D eigenvalue weighted by atomic mass is 15.6. The smallest absolute Gasteiger partial charge is 0.168 e. The second kappa shape index (κ2) is 5.57. The number of hydrogen-bond donors (Lipinski definition) is 1. The number of aromatic nitrogens is 4. The van der Waals surface area contributed by atoms with Crippen molar-refractivity contribution in [2.75, 3.05) is 0 Å². The number of nitrogens with zero attached hydrogens (tertiary/aromatic N) is 4. The number of nitrogens with two attached hydrogens (primary N) is 1. The Morgan fingerprint density at radius 2 is 1.74 bits per heavy atom. The summed E-state index contributed by atoms with van der Waals surface area (Å²) in [6.45, 7) is 15.3. The van der Waals surface area contributed by atoms with Crippen LogP contribution in [-0.4, -0.2) is 20.2 Å². The molecule has 19 heavy (non-hydrogen) atoms. The zero-order valence-electron chi connectivity index (χ0n) is 13.4. The minimum atomic E-state index is -0.133. The maximum Gasteiger partial charge on any atom is 0.168 e. The first-order valence-corrected chi connectivity index (χ1v) is 7.07. The largest absolute Gasteiger partial charge is 0.321 e. The predicted octanol–water partition coefficient (Wildman–Crippen LogP) is 2.89. The van der Waals surface area contributed by atoms with Crippen LogP contribution in [0.4, 0.5) is 0 Å². The summed E-state index contributed by atoms with van der Waals surface area (Å²) in [7, 11) is 0. The average Bonchev–Trinajstić information content (AvgIpc) is 2.60. The van der Waals surface area contributed by atoms with Gasteiger partial charge in [-0.3, -0.25) is 0 Å². The Morgan fingerprint density at radius 3 is 2.21 bits per heavy atom. The highest BCUT2D eigenvalue weighted by Gasteiger charge is 2.32. The van der Waals surface area contributed by atoms with E-state index in [1.165, 1.54) is 0 Å². The fourth-order valence-electron chi connectivity index (χ4n) is 2.84. The molecule has 0 radical (unpaired) electrons. The van der Waals surface area contributed by atoms with E-state index in [2.05, 4.69) is 64.0 Å². The van der Waals surface area contributed by atoms with Crippen LogP contribution in [0.3, 0.4) is 0 Å². The van der Waals surface area contributed by atoms with Gasteiger partial charge < -0.3 is 5.73 Å². The Bertz CT molecular complexity index is 400. The maximum absolute atomic E-state index is 6.24. The lowest BCUT2D eigenvalue weighted by molar-refractivity contribution is 0.187. The molecule has 0 aromatic carbocycles. The van der Waals surface area contributed by atoms with Crippen molar-refractivity contribution in [3.8, 4) is 0 Å². The molecule has 2 N–H and O–H groups in total. The topological polar surface area (TPSA) is 69.6 Å². The molecule has 1 heterocycles. The lowest BCUT2D eigenvalue weighted by atomic mass is 9.81. The summed E-state index contributed by atoms with van der Waals surface area (Å²) in [5.41, 5.74) is 6.32. The molecule has 1 aromatic rings. The molecule has 0 fully saturated rings. The molecule has 0 aliphatic carbocycles. The van der Waals surface area contributed by atoms with E-state index in [-0.39, 0.29) is 17.0 Å². The SMILES string of the molecule is CC(C)CC(N)c1nnnn1C(C)(C)CC(C)(C)C. The standard InChI is InChI=1S/C14H29N5/c1-10(2)8-11(15)12-16-17-18-19(12)14(6,7)9-13(3,4)5/h10-11H,8-9,15H2,1-7H3. The summed E-state index contributed by atoms with van der Waals surface area (Å²) >= 11 is 0. The zero-order valence-corrected chi connectivity index (χ0v) is 13.4. The summed E-state index contributed by atoms with van der Waals surface area (Å²) in [5.74, 6) is 1.33. The van der Waals surface area contributed by atoms with Gasteiger partial charge in [0.25, 0.3) is 0 Å². The van der Waals surface area contributed by atoms with Crippen molar-refractivity contribution in [2.45, 2.75) is 72.9 Å². The second-order valence-electron chi connectivity index (χ2n) is 7.73. The van der Waals surface area contributed by atoms with E-state index in [1.807, 2.05) is 4.68 Å². The van der Waals surface area contributed by atoms with E-state index in [0.717, 1.165) is 18.7 Å². The van der Waals surface area contributed by atoms with Crippen LogP contribution < -0.4 is 5.73 Å². The number of rotatable bonds is 5. The van der Waals surface area contributed by atoms with Crippen molar-refractivity contribution in [3.63, 3.8) is 0 Å². The molecule has 1 aromatic heterocycles. The molecule has 0 amide bonds. The molecular weight excluding hydrogens is 238 g/mol. The molecular formula is C14H29N5. The van der Waals surface area contributed by atoms with Gasteiger partial charge in [-0.2, -0.15) is 0 Å². The van der Waals surface area contributed by atoms with Crippen molar-refractivity contribution in [1.82, 2.24) is 20.2 Å². The van der Waals surface area contributed by atoms with E-state index in [4.69, 9.17) is 5.73 Å². The van der Waals surface area contributed by atoms with Gasteiger partial charge in [0.05, 0.1) is 11.6 Å². The van der Waals surface area contributed by atoms with Gasteiger partial charge in [-0.25, -0.2) is 4.68 Å². The fourth-order valence-corrected chi connectivity index (χ4v) is 2.84. The highest BCUT2D eigenvalue weighted by Crippen LogP contribution is 2.33. The third-order valence-electron chi connectivity index (χ3n) is 3.09. The van der Waals surface area contributed by atoms with Crippen LogP contribution in [0.15, 0.2) is 0 Å². The van der Waals surface area contributed by atoms with Crippen LogP contribution in [0.1, 0.15) is 73.2 Å². The molecule has 0 aliphatic heterocycles. The first-order chi connectivity index (χ1) is 8.53. The summed E-state index contributed by atoms with van der Waals surface area (Å²) in [6.07, 6.45) is 1.89. The molecule has 1 atom stereocenters. The van der Waals surface area contributed by atoms with Gasteiger partial charge in [0.15, 0.2) is 5.82 Å². The maximum atomic E-state index is 6.24. The Kier molecular flexibility index (Phi) is 4.72. The van der Waals surface area contributed by atoms with Gasteiger partial charge >= 0.3 is 0 Å². The minimum absolute atomic E-state index is 0.103. The third kappa shape index (κ3) is 4.56. The van der Waals surface area contributed by atoms with Crippen molar-refractivity contribution < 1.29 is 0 Å². The van der Waals surface area contributed by atoms with E-state index >= 15 is 0 Å². The van der Waals surface area contributed by atoms with E-state index in [1.54, 1.807) is 0 Å². The molecule has 1 unspecified atom stereocenters. The van der Waals surface area contributed by atoms with E-state index in [0.29, 0.717) is 5.92 Å². The highest BCUT2D eigenvalue weighted by molar-refractivity contribution is 4.96. The normalized spacial score (nSPS) is 15.0. The van der Waals surface area contributed by atoms with Crippen molar-refractivity contribution in [1.29, 1.82) is 0 Å². The van der Waals surface area contributed by atoms with Crippen molar-refractivity contribution in [2.24, 2.45) is 17.1 Å². The Hall–Kier alpha value is -0.970. The van der Waals surface area contributed by atoms with Crippen LogP contribution >= 0.6 is 0 Å².